The van der Waals surface area contributed by atoms with Crippen molar-refractivity contribution in [2.24, 2.45) is 17.3 Å². The van der Waals surface area contributed by atoms with Gasteiger partial charge in [0.25, 0.3) is 0 Å². The normalized spacial score (nSPS) is 52.2. The number of likely N-dealkylation sites (N-methyl/N-ethyl adjacent to an activating group) is 1. The van der Waals surface area contributed by atoms with E-state index in [9.17, 15) is 4.79 Å². The highest BCUT2D eigenvalue weighted by Crippen LogP contribution is 2.80. The summed E-state index contributed by atoms with van der Waals surface area (Å²) in [5.41, 5.74) is 2.92. The van der Waals surface area contributed by atoms with Crippen LogP contribution in [0.5, 0.6) is 0 Å². The number of nitrogens with one attached hydrogen (secondary N) is 1. The van der Waals surface area contributed by atoms with Gasteiger partial charge < -0.3 is 14.5 Å². The van der Waals surface area contributed by atoms with Gasteiger partial charge in [0.15, 0.2) is 0 Å². The number of fused-ring (bicyclic) bond motifs is 1. The zero-order chi connectivity index (χ0) is 17.9. The van der Waals surface area contributed by atoms with Gasteiger partial charge >= 0.3 is 5.97 Å². The van der Waals surface area contributed by atoms with Crippen molar-refractivity contribution in [2.45, 2.75) is 49.6 Å². The Balaban J connectivity index is 1.69. The lowest BCUT2D eigenvalue weighted by Crippen LogP contribution is -2.67. The topological polar surface area (TPSA) is 38.3 Å². The molecule has 2 bridgehead atoms. The molecule has 1 N–H and O–H groups in total. The molecule has 138 valence electrons. The first-order valence-corrected chi connectivity index (χ1v) is 10.3. The monoisotopic (exact) mass is 353 g/mol. The van der Waals surface area contributed by atoms with Gasteiger partial charge in [-0.3, -0.25) is 4.79 Å². The lowest BCUT2D eigenvalue weighted by molar-refractivity contribution is -0.936. The van der Waals surface area contributed by atoms with Gasteiger partial charge in [-0.2, -0.15) is 0 Å². The van der Waals surface area contributed by atoms with E-state index in [-0.39, 0.29) is 28.3 Å². The summed E-state index contributed by atoms with van der Waals surface area (Å²) in [4.78, 5) is 13.0. The van der Waals surface area contributed by atoms with E-state index in [4.69, 9.17) is 4.74 Å². The van der Waals surface area contributed by atoms with Crippen LogP contribution >= 0.6 is 0 Å². The van der Waals surface area contributed by atoms with Gasteiger partial charge in [0.05, 0.1) is 44.1 Å². The number of quaternary nitrogens is 1. The molecule has 4 nitrogen and oxygen atoms in total. The Bertz CT molecular complexity index is 839. The fourth-order valence-corrected chi connectivity index (χ4v) is 9.19. The number of carbonyl (C=O) groups excluding carboxylic acids is 1. The van der Waals surface area contributed by atoms with Gasteiger partial charge in [0, 0.05) is 17.5 Å². The summed E-state index contributed by atoms with van der Waals surface area (Å²) in [6.45, 7) is 4.98. The van der Waals surface area contributed by atoms with E-state index < -0.39 is 0 Å². The molecule has 0 radical (unpaired) electrons. The third-order valence-corrected chi connectivity index (χ3v) is 9.62. The van der Waals surface area contributed by atoms with Crippen LogP contribution in [-0.2, 0) is 14.9 Å². The fourth-order valence-electron chi connectivity index (χ4n) is 9.19. The number of rotatable bonds is 1. The van der Waals surface area contributed by atoms with Crippen LogP contribution in [0.3, 0.4) is 0 Å². The van der Waals surface area contributed by atoms with Crippen LogP contribution in [-0.4, -0.2) is 49.3 Å². The third kappa shape index (κ3) is 1.24. The maximum atomic E-state index is 13.0. The SMILES string of the molecule is COC(=O)[C@H]1C[C@@]23CCC[N@+]4(C)CC[C@@]5(c6ccccc6N[C@]15[C@@H]2C)[C@H]34. The van der Waals surface area contributed by atoms with Gasteiger partial charge in [0.2, 0.25) is 0 Å². The zero-order valence-electron chi connectivity index (χ0n) is 16.0. The first-order chi connectivity index (χ1) is 12.5. The van der Waals surface area contributed by atoms with Crippen LogP contribution in [0.1, 0.15) is 38.2 Å². The first-order valence-electron chi connectivity index (χ1n) is 10.3. The van der Waals surface area contributed by atoms with Gasteiger partial charge in [-0.15, -0.1) is 0 Å². The largest absolute Gasteiger partial charge is 0.469 e. The number of ether oxygens (including phenoxy) is 1. The average Bonchev–Trinajstić information content (AvgIpc) is 3.27. The highest BCUT2D eigenvalue weighted by atomic mass is 16.5. The van der Waals surface area contributed by atoms with E-state index in [0.29, 0.717) is 12.0 Å². The number of esters is 1. The van der Waals surface area contributed by atoms with Crippen LogP contribution in [0, 0.1) is 17.3 Å². The molecular formula is C22H29N2O2+. The maximum absolute atomic E-state index is 13.0. The number of piperidine rings is 1. The van der Waals surface area contributed by atoms with Crippen molar-refractivity contribution in [2.75, 3.05) is 32.6 Å². The molecule has 4 fully saturated rings. The zero-order valence-corrected chi connectivity index (χ0v) is 16.0. The van der Waals surface area contributed by atoms with E-state index in [1.165, 1.54) is 48.1 Å². The molecule has 3 aliphatic heterocycles. The van der Waals surface area contributed by atoms with Crippen LogP contribution in [0.15, 0.2) is 24.3 Å². The predicted molar refractivity (Wildman–Crippen MR) is 99.8 cm³/mol. The Morgan fingerprint density at radius 3 is 2.88 bits per heavy atom. The van der Waals surface area contributed by atoms with E-state index in [2.05, 4.69) is 43.6 Å². The van der Waals surface area contributed by atoms with Gasteiger partial charge in [0.1, 0.15) is 6.04 Å². The number of methoxy groups -OCH3 is 1. The van der Waals surface area contributed by atoms with E-state index >= 15 is 0 Å². The van der Waals surface area contributed by atoms with Gasteiger partial charge in [-0.1, -0.05) is 25.1 Å². The second-order valence-electron chi connectivity index (χ2n) is 9.93. The second kappa shape index (κ2) is 4.30. The van der Waals surface area contributed by atoms with Crippen LogP contribution in [0.4, 0.5) is 5.69 Å². The van der Waals surface area contributed by atoms with E-state index in [1.807, 2.05) is 0 Å². The number of anilines is 1. The molecule has 4 heteroatoms. The summed E-state index contributed by atoms with van der Waals surface area (Å²) in [7, 11) is 4.06. The Kier molecular flexibility index (Phi) is 2.56. The number of hydrogen-bond acceptors (Lipinski definition) is 3. The number of para-hydroxylation sites is 1. The highest BCUT2D eigenvalue weighted by Gasteiger charge is 2.89. The number of nitrogens with zero attached hydrogens (tertiary/aromatic N) is 1. The fraction of sp³-hybridized carbons (Fsp3) is 0.682. The maximum Gasteiger partial charge on any atom is 0.311 e. The molecule has 3 heterocycles. The molecule has 2 saturated heterocycles. The molecule has 1 aromatic carbocycles. The Morgan fingerprint density at radius 1 is 1.27 bits per heavy atom. The van der Waals surface area contributed by atoms with Crippen molar-refractivity contribution in [1.82, 2.24) is 0 Å². The molecule has 1 aromatic rings. The summed E-state index contributed by atoms with van der Waals surface area (Å²) in [5.74, 6) is 0.462. The molecular weight excluding hydrogens is 324 g/mol. The Morgan fingerprint density at radius 2 is 2.08 bits per heavy atom. The third-order valence-electron chi connectivity index (χ3n) is 9.62. The molecule has 2 saturated carbocycles. The average molecular weight is 353 g/mol. The van der Waals surface area contributed by atoms with Crippen molar-refractivity contribution >= 4 is 11.7 Å². The predicted octanol–water partition coefficient (Wildman–Crippen LogP) is 2.93. The minimum atomic E-state index is -0.172. The van der Waals surface area contributed by atoms with Crippen molar-refractivity contribution in [3.8, 4) is 0 Å². The van der Waals surface area contributed by atoms with Crippen molar-refractivity contribution in [1.29, 1.82) is 0 Å². The molecule has 26 heavy (non-hydrogen) atoms. The molecule has 7 atom stereocenters. The molecule has 5 aliphatic rings. The highest BCUT2D eigenvalue weighted by molar-refractivity contribution is 5.82. The molecule has 6 rings (SSSR count). The smallest absolute Gasteiger partial charge is 0.311 e. The van der Waals surface area contributed by atoms with E-state index in [1.54, 1.807) is 7.11 Å². The van der Waals surface area contributed by atoms with Crippen molar-refractivity contribution in [3.05, 3.63) is 29.8 Å². The summed E-state index contributed by atoms with van der Waals surface area (Å²) in [5, 5.41) is 3.99. The number of benzene rings is 1. The van der Waals surface area contributed by atoms with Crippen LogP contribution in [0.25, 0.3) is 0 Å². The van der Waals surface area contributed by atoms with Crippen molar-refractivity contribution < 1.29 is 14.0 Å². The lowest BCUT2D eigenvalue weighted by Gasteiger charge is -2.54. The molecule has 0 amide bonds. The summed E-state index contributed by atoms with van der Waals surface area (Å²) in [6.07, 6.45) is 4.76. The standard InChI is InChI=1S/C22H29N2O2/c1-14-20-9-6-11-24(2)12-10-21(19(20)24)15-7-4-5-8-17(15)23-22(14,21)16(13-20)18(25)26-3/h4-5,7-8,14,16,19,23H,6,9-13H2,1-3H3/q+1/t14-,16-,19+,20+,21-,22-,24-/m1/s1. The Hall–Kier alpha value is -1.55. The van der Waals surface area contributed by atoms with Crippen molar-refractivity contribution in [3.63, 3.8) is 0 Å². The van der Waals surface area contributed by atoms with Gasteiger partial charge in [-0.25, -0.2) is 0 Å². The van der Waals surface area contributed by atoms with E-state index in [0.717, 1.165) is 6.42 Å². The summed E-state index contributed by atoms with van der Waals surface area (Å²) >= 11 is 0. The lowest BCUT2D eigenvalue weighted by atomic mass is 9.56. The second-order valence-corrected chi connectivity index (χ2v) is 9.93. The number of carbonyl (C=O) groups is 1. The first kappa shape index (κ1) is 15.5. The molecule has 2 aliphatic carbocycles. The summed E-state index contributed by atoms with van der Waals surface area (Å²) in [6, 6.07) is 9.52. The molecule has 0 aromatic heterocycles. The number of hydrogen-bond donors (Lipinski definition) is 1. The minimum absolute atomic E-state index is 0.00136. The molecule has 0 unspecified atom stereocenters. The quantitative estimate of drug-likeness (QED) is 0.623. The van der Waals surface area contributed by atoms with Crippen LogP contribution < -0.4 is 5.32 Å². The minimum Gasteiger partial charge on any atom is -0.469 e. The summed E-state index contributed by atoms with van der Waals surface area (Å²) < 4.78 is 6.56. The van der Waals surface area contributed by atoms with Gasteiger partial charge in [-0.05, 0) is 36.8 Å². The van der Waals surface area contributed by atoms with Crippen LogP contribution in [0.2, 0.25) is 0 Å². The Labute approximate surface area is 155 Å². The molecule has 3 spiro atoms.